The van der Waals surface area contributed by atoms with Crippen molar-refractivity contribution in [2.24, 2.45) is 0 Å². The molecule has 7 nitrogen and oxygen atoms in total. The second-order valence-electron chi connectivity index (χ2n) is 8.30. The Labute approximate surface area is 195 Å². The Hall–Kier alpha value is -1.90. The number of hydrogen-bond acceptors (Lipinski definition) is 5. The number of nitrogens with zero attached hydrogens (tertiary/aromatic N) is 5. The van der Waals surface area contributed by atoms with Gasteiger partial charge < -0.3 is 9.42 Å². The Balaban J connectivity index is 1.96. The number of halogens is 1. The van der Waals surface area contributed by atoms with E-state index in [4.69, 9.17) is 12.4 Å². The molecule has 31 heavy (non-hydrogen) atoms. The summed E-state index contributed by atoms with van der Waals surface area (Å²) >= 11 is 3.49. The number of pyridine rings is 1. The van der Waals surface area contributed by atoms with Gasteiger partial charge in [-0.25, -0.2) is 9.78 Å². The van der Waals surface area contributed by atoms with Crippen LogP contribution in [0.3, 0.4) is 0 Å². The highest BCUT2D eigenvalue weighted by molar-refractivity contribution is 9.10. The van der Waals surface area contributed by atoms with Gasteiger partial charge in [0.1, 0.15) is 5.82 Å². The minimum Gasteiger partial charge on any atom is -0.340 e. The van der Waals surface area contributed by atoms with E-state index in [-0.39, 0.29) is 6.03 Å². The predicted molar refractivity (Wildman–Crippen MR) is 127 cm³/mol. The van der Waals surface area contributed by atoms with Crippen LogP contribution in [0.4, 0.5) is 10.6 Å². The van der Waals surface area contributed by atoms with E-state index >= 15 is 0 Å². The molecule has 0 saturated heterocycles. The van der Waals surface area contributed by atoms with Gasteiger partial charge in [-0.1, -0.05) is 55.2 Å². The van der Waals surface area contributed by atoms with Crippen molar-refractivity contribution in [2.75, 3.05) is 24.5 Å². The van der Waals surface area contributed by atoms with Gasteiger partial charge in [-0.15, -0.1) is 0 Å². The Morgan fingerprint density at radius 2 is 1.87 bits per heavy atom. The van der Waals surface area contributed by atoms with Crippen LogP contribution in [0.1, 0.15) is 71.5 Å². The molecule has 0 unspecified atom stereocenters. The number of rotatable bonds is 12. The Kier molecular flexibility index (Phi) is 10.00. The van der Waals surface area contributed by atoms with Crippen LogP contribution in [0.2, 0.25) is 0 Å². The Morgan fingerprint density at radius 1 is 1.16 bits per heavy atom. The average Bonchev–Trinajstić information content (AvgIpc) is 3.19. The van der Waals surface area contributed by atoms with Crippen LogP contribution in [0.15, 0.2) is 27.3 Å². The lowest BCUT2D eigenvalue weighted by atomic mass is 9.72. The van der Waals surface area contributed by atoms with E-state index in [1.807, 2.05) is 30.9 Å². The van der Waals surface area contributed by atoms with Gasteiger partial charge >= 0.3 is 6.03 Å². The van der Waals surface area contributed by atoms with Crippen LogP contribution in [-0.4, -0.2) is 53.5 Å². The van der Waals surface area contributed by atoms with Gasteiger partial charge in [0, 0.05) is 42.0 Å². The maximum atomic E-state index is 13.3. The molecule has 0 bridgehead atoms. The number of aromatic nitrogens is 3. The van der Waals surface area contributed by atoms with Crippen LogP contribution in [-0.2, 0) is 11.7 Å². The fourth-order valence-electron chi connectivity index (χ4n) is 3.21. The summed E-state index contributed by atoms with van der Waals surface area (Å²) in [5.41, 5.74) is 0. The molecule has 0 aliphatic carbocycles. The van der Waals surface area contributed by atoms with E-state index in [1.165, 1.54) is 0 Å². The van der Waals surface area contributed by atoms with Crippen LogP contribution in [0.5, 0.6) is 0 Å². The zero-order valence-electron chi connectivity index (χ0n) is 19.1. The van der Waals surface area contributed by atoms with Gasteiger partial charge in [-0.3, -0.25) is 4.90 Å². The zero-order chi connectivity index (χ0) is 22.9. The molecule has 0 aliphatic heterocycles. The molecule has 2 amide bonds. The molecule has 2 radical (unpaired) electrons. The van der Waals surface area contributed by atoms with Crippen LogP contribution in [0, 0.1) is 0 Å². The quantitative estimate of drug-likeness (QED) is 0.306. The van der Waals surface area contributed by atoms with Crippen molar-refractivity contribution in [3.63, 3.8) is 0 Å². The van der Waals surface area contributed by atoms with Gasteiger partial charge in [-0.05, 0) is 37.8 Å². The molecule has 2 aromatic rings. The maximum Gasteiger partial charge on any atom is 0.325 e. The normalized spacial score (nSPS) is 11.5. The molecular weight excluding hydrogens is 457 g/mol. The lowest BCUT2D eigenvalue weighted by Gasteiger charge is -2.30. The van der Waals surface area contributed by atoms with Crippen molar-refractivity contribution in [3.8, 4) is 0 Å². The second-order valence-corrected chi connectivity index (χ2v) is 9.22. The molecule has 0 atom stereocenters. The van der Waals surface area contributed by atoms with Gasteiger partial charge in [-0.2, -0.15) is 4.98 Å². The van der Waals surface area contributed by atoms with E-state index in [1.54, 1.807) is 11.1 Å². The standard InChI is InChI=1S/C22H33BBrN5O2/c1-5-13-28(14-6-2)21(30)29(19-16-17(24)11-12-25-19)15-9-7-8-10-18-26-20(31-27-18)22(3,4)23/h11-12,16H,5-10,13-15H2,1-4H3. The fraction of sp³-hybridized carbons (Fsp3) is 0.636. The molecule has 168 valence electrons. The molecule has 9 heteroatoms. The maximum absolute atomic E-state index is 13.3. The molecule has 0 spiro atoms. The number of unbranched alkanes of at least 4 members (excludes halogenated alkanes) is 2. The number of amides is 2. The first-order valence-electron chi connectivity index (χ1n) is 11.1. The van der Waals surface area contributed by atoms with Gasteiger partial charge in [0.25, 0.3) is 0 Å². The fourth-order valence-corrected chi connectivity index (χ4v) is 3.53. The van der Waals surface area contributed by atoms with E-state index in [9.17, 15) is 4.79 Å². The highest BCUT2D eigenvalue weighted by Crippen LogP contribution is 2.20. The third-order valence-electron chi connectivity index (χ3n) is 4.77. The third-order valence-corrected chi connectivity index (χ3v) is 5.27. The summed E-state index contributed by atoms with van der Waals surface area (Å²) in [4.78, 5) is 25.8. The molecule has 2 rings (SSSR count). The van der Waals surface area contributed by atoms with Crippen molar-refractivity contribution in [3.05, 3.63) is 34.5 Å². The summed E-state index contributed by atoms with van der Waals surface area (Å²) in [6, 6.07) is 3.77. The summed E-state index contributed by atoms with van der Waals surface area (Å²) in [7, 11) is 5.99. The summed E-state index contributed by atoms with van der Waals surface area (Å²) in [6.07, 6.45) is 7.01. The number of carbonyl (C=O) groups is 1. The first-order valence-corrected chi connectivity index (χ1v) is 11.9. The van der Waals surface area contributed by atoms with E-state index in [0.717, 1.165) is 56.1 Å². The van der Waals surface area contributed by atoms with Crippen LogP contribution in [0.25, 0.3) is 0 Å². The summed E-state index contributed by atoms with van der Waals surface area (Å²) in [5, 5.41) is 3.38. The minimum absolute atomic E-state index is 0.0160. The average molecular weight is 490 g/mol. The van der Waals surface area contributed by atoms with Crippen LogP contribution >= 0.6 is 15.9 Å². The lowest BCUT2D eigenvalue weighted by molar-refractivity contribution is 0.204. The second kappa shape index (κ2) is 12.2. The van der Waals surface area contributed by atoms with E-state index < -0.39 is 5.31 Å². The molecule has 0 fully saturated rings. The monoisotopic (exact) mass is 489 g/mol. The molecule has 0 N–H and O–H groups in total. The van der Waals surface area contributed by atoms with Crippen molar-refractivity contribution in [1.82, 2.24) is 20.0 Å². The van der Waals surface area contributed by atoms with E-state index in [2.05, 4.69) is 44.9 Å². The van der Waals surface area contributed by atoms with Gasteiger partial charge in [0.15, 0.2) is 5.82 Å². The van der Waals surface area contributed by atoms with Crippen molar-refractivity contribution in [2.45, 2.75) is 71.5 Å². The van der Waals surface area contributed by atoms with Crippen molar-refractivity contribution < 1.29 is 9.32 Å². The van der Waals surface area contributed by atoms with Crippen molar-refractivity contribution >= 4 is 35.6 Å². The molecule has 2 aromatic heterocycles. The zero-order valence-corrected chi connectivity index (χ0v) is 20.7. The predicted octanol–water partition coefficient (Wildman–Crippen LogP) is 5.09. The molecule has 0 aliphatic rings. The van der Waals surface area contributed by atoms with Crippen molar-refractivity contribution in [1.29, 1.82) is 0 Å². The summed E-state index contributed by atoms with van der Waals surface area (Å²) < 4.78 is 6.15. The smallest absolute Gasteiger partial charge is 0.325 e. The topological polar surface area (TPSA) is 75.4 Å². The van der Waals surface area contributed by atoms with E-state index in [0.29, 0.717) is 24.1 Å². The molecular formula is C22H33BBrN5O2. The first-order chi connectivity index (χ1) is 14.8. The number of anilines is 1. The lowest BCUT2D eigenvalue weighted by Crippen LogP contribution is -2.45. The van der Waals surface area contributed by atoms with Crippen LogP contribution < -0.4 is 4.90 Å². The minimum atomic E-state index is -0.633. The molecule has 2 heterocycles. The molecule has 0 aromatic carbocycles. The third kappa shape index (κ3) is 7.94. The summed E-state index contributed by atoms with van der Waals surface area (Å²) in [5.74, 6) is 1.80. The van der Waals surface area contributed by atoms with Gasteiger partial charge in [0.2, 0.25) is 5.89 Å². The number of carbonyl (C=O) groups excluding carboxylic acids is 1. The summed E-state index contributed by atoms with van der Waals surface area (Å²) in [6.45, 7) is 9.96. The Bertz CT molecular complexity index is 818. The highest BCUT2D eigenvalue weighted by Gasteiger charge is 2.23. The number of aryl methyl sites for hydroxylation is 1. The van der Waals surface area contributed by atoms with Gasteiger partial charge in [0.05, 0.1) is 7.85 Å². The number of urea groups is 1. The largest absolute Gasteiger partial charge is 0.340 e. The highest BCUT2D eigenvalue weighted by atomic mass is 79.9. The SMILES string of the molecule is [B]C(C)(C)c1nc(CCCCCN(C(=O)N(CCC)CCC)c2cc(Br)ccn2)no1. The number of hydrogen-bond donors (Lipinski definition) is 0. The molecule has 0 saturated carbocycles. The first kappa shape index (κ1) is 25.4. The Morgan fingerprint density at radius 3 is 2.45 bits per heavy atom.